The first kappa shape index (κ1) is 14.4. The van der Waals surface area contributed by atoms with Crippen LogP contribution in [0.25, 0.3) is 0 Å². The summed E-state index contributed by atoms with van der Waals surface area (Å²) in [4.78, 5) is 11.0. The molecule has 1 aromatic carbocycles. The summed E-state index contributed by atoms with van der Waals surface area (Å²) in [5, 5.41) is 12.7. The van der Waals surface area contributed by atoms with E-state index >= 15 is 0 Å². The first-order valence-corrected chi connectivity index (χ1v) is 5.92. The molecule has 0 heterocycles. The highest BCUT2D eigenvalue weighted by atomic mass is 16.3. The summed E-state index contributed by atoms with van der Waals surface area (Å²) < 4.78 is 0. The predicted molar refractivity (Wildman–Crippen MR) is 72.6 cm³/mol. The quantitative estimate of drug-likeness (QED) is 0.633. The molecule has 1 rings (SSSR count). The first-order chi connectivity index (χ1) is 8.30. The fraction of sp³-hybridized carbons (Fsp3) is 0.429. The summed E-state index contributed by atoms with van der Waals surface area (Å²) in [5.41, 5.74) is 4.52. The van der Waals surface area contributed by atoms with Gasteiger partial charge in [0.15, 0.2) is 0 Å². The van der Waals surface area contributed by atoms with Gasteiger partial charge in [0.1, 0.15) is 6.10 Å². The maximum Gasteiger partial charge on any atom is 0.268 e. The standard InChI is InChI=1S/C14H20N2O2/c1-10(17)13(18)16-15-9-11-5-7-12(8-6-11)14(2,3)4/h5-10,17H,1-4H3,(H,16,18)/b15-9-/t10-/m1/s1. The van der Waals surface area contributed by atoms with E-state index in [0.717, 1.165) is 5.56 Å². The number of hydrogen-bond acceptors (Lipinski definition) is 3. The summed E-state index contributed by atoms with van der Waals surface area (Å²) in [5.74, 6) is -0.516. The molecule has 0 radical (unpaired) electrons. The van der Waals surface area contributed by atoms with Crippen LogP contribution in [0.5, 0.6) is 0 Å². The second-order valence-electron chi connectivity index (χ2n) is 5.28. The molecule has 0 aromatic heterocycles. The van der Waals surface area contributed by atoms with Crippen LogP contribution in [0.3, 0.4) is 0 Å². The molecule has 2 N–H and O–H groups in total. The molecule has 0 unspecified atom stereocenters. The Bertz CT molecular complexity index is 428. The number of nitrogens with zero attached hydrogens (tertiary/aromatic N) is 1. The summed E-state index contributed by atoms with van der Waals surface area (Å²) in [6, 6.07) is 7.97. The topological polar surface area (TPSA) is 61.7 Å². The van der Waals surface area contributed by atoms with Crippen molar-refractivity contribution in [3.63, 3.8) is 0 Å². The Hall–Kier alpha value is -1.68. The smallest absolute Gasteiger partial charge is 0.268 e. The van der Waals surface area contributed by atoms with Crippen molar-refractivity contribution < 1.29 is 9.90 Å². The van der Waals surface area contributed by atoms with Crippen molar-refractivity contribution in [1.82, 2.24) is 5.43 Å². The van der Waals surface area contributed by atoms with Crippen LogP contribution in [0, 0.1) is 0 Å². The molecule has 0 saturated heterocycles. The van der Waals surface area contributed by atoms with E-state index in [-0.39, 0.29) is 5.41 Å². The van der Waals surface area contributed by atoms with Crippen LogP contribution in [0.2, 0.25) is 0 Å². The van der Waals surface area contributed by atoms with Gasteiger partial charge in [-0.1, -0.05) is 45.0 Å². The number of amides is 1. The number of benzene rings is 1. The van der Waals surface area contributed by atoms with Crippen molar-refractivity contribution >= 4 is 12.1 Å². The van der Waals surface area contributed by atoms with Crippen LogP contribution < -0.4 is 5.43 Å². The molecule has 1 aromatic rings. The van der Waals surface area contributed by atoms with Gasteiger partial charge in [0.25, 0.3) is 5.91 Å². The monoisotopic (exact) mass is 248 g/mol. The molecular weight excluding hydrogens is 228 g/mol. The number of hydrazone groups is 1. The van der Waals surface area contributed by atoms with Crippen LogP contribution in [0.15, 0.2) is 29.4 Å². The highest BCUT2D eigenvalue weighted by Crippen LogP contribution is 2.21. The Kier molecular flexibility index (Phi) is 4.62. The van der Waals surface area contributed by atoms with Gasteiger partial charge >= 0.3 is 0 Å². The SMILES string of the molecule is C[C@@H](O)C(=O)N/N=C\c1ccc(C(C)(C)C)cc1. The van der Waals surface area contributed by atoms with E-state index in [1.807, 2.05) is 24.3 Å². The van der Waals surface area contributed by atoms with Crippen LogP contribution >= 0.6 is 0 Å². The third-order valence-electron chi connectivity index (χ3n) is 2.54. The number of rotatable bonds is 3. The number of carbonyl (C=O) groups is 1. The van der Waals surface area contributed by atoms with E-state index in [1.54, 1.807) is 6.21 Å². The molecular formula is C14H20N2O2. The predicted octanol–water partition coefficient (Wildman–Crippen LogP) is 1.81. The molecule has 0 saturated carbocycles. The molecule has 1 amide bonds. The van der Waals surface area contributed by atoms with E-state index in [1.165, 1.54) is 12.5 Å². The third-order valence-corrected chi connectivity index (χ3v) is 2.54. The molecule has 4 heteroatoms. The van der Waals surface area contributed by atoms with Crippen LogP contribution in [-0.2, 0) is 10.2 Å². The van der Waals surface area contributed by atoms with Gasteiger partial charge in [-0.15, -0.1) is 0 Å². The lowest BCUT2D eigenvalue weighted by Gasteiger charge is -2.18. The second-order valence-corrected chi connectivity index (χ2v) is 5.28. The van der Waals surface area contributed by atoms with E-state index in [0.29, 0.717) is 0 Å². The molecule has 18 heavy (non-hydrogen) atoms. The van der Waals surface area contributed by atoms with Gasteiger partial charge in [-0.25, -0.2) is 5.43 Å². The van der Waals surface area contributed by atoms with Gasteiger partial charge in [0, 0.05) is 0 Å². The molecule has 0 aliphatic rings. The summed E-state index contributed by atoms with van der Waals surface area (Å²) in [7, 11) is 0. The van der Waals surface area contributed by atoms with Crippen molar-refractivity contribution in [1.29, 1.82) is 0 Å². The number of hydrogen-bond donors (Lipinski definition) is 2. The zero-order valence-electron chi connectivity index (χ0n) is 11.3. The van der Waals surface area contributed by atoms with Gasteiger partial charge in [-0.3, -0.25) is 4.79 Å². The van der Waals surface area contributed by atoms with Crippen molar-refractivity contribution in [3.05, 3.63) is 35.4 Å². The highest BCUT2D eigenvalue weighted by molar-refractivity contribution is 5.83. The van der Waals surface area contributed by atoms with E-state index in [9.17, 15) is 4.79 Å². The van der Waals surface area contributed by atoms with Gasteiger partial charge in [-0.05, 0) is 23.5 Å². The minimum atomic E-state index is -1.05. The first-order valence-electron chi connectivity index (χ1n) is 5.92. The molecule has 4 nitrogen and oxygen atoms in total. The molecule has 98 valence electrons. The van der Waals surface area contributed by atoms with E-state index in [2.05, 4.69) is 31.3 Å². The fourth-order valence-electron chi connectivity index (χ4n) is 1.33. The summed E-state index contributed by atoms with van der Waals surface area (Å²) in [6.45, 7) is 7.85. The molecule has 0 aliphatic carbocycles. The highest BCUT2D eigenvalue weighted by Gasteiger charge is 2.12. The average molecular weight is 248 g/mol. The van der Waals surface area contributed by atoms with Crippen molar-refractivity contribution in [3.8, 4) is 0 Å². The van der Waals surface area contributed by atoms with E-state index < -0.39 is 12.0 Å². The van der Waals surface area contributed by atoms with Gasteiger partial charge in [0.2, 0.25) is 0 Å². The second kappa shape index (κ2) is 5.78. The van der Waals surface area contributed by atoms with Gasteiger partial charge in [-0.2, -0.15) is 5.10 Å². The zero-order chi connectivity index (χ0) is 13.8. The average Bonchev–Trinajstić information content (AvgIpc) is 2.28. The lowest BCUT2D eigenvalue weighted by molar-refractivity contribution is -0.128. The Labute approximate surface area is 108 Å². The lowest BCUT2D eigenvalue weighted by Crippen LogP contribution is -2.28. The Morgan fingerprint density at radius 2 is 1.89 bits per heavy atom. The van der Waals surface area contributed by atoms with E-state index in [4.69, 9.17) is 5.11 Å². The number of aliphatic hydroxyl groups excluding tert-OH is 1. The molecule has 1 atom stereocenters. The van der Waals surface area contributed by atoms with Crippen LogP contribution in [0.4, 0.5) is 0 Å². The minimum absolute atomic E-state index is 0.121. The summed E-state index contributed by atoms with van der Waals surface area (Å²) >= 11 is 0. The van der Waals surface area contributed by atoms with Crippen LogP contribution in [0.1, 0.15) is 38.8 Å². The van der Waals surface area contributed by atoms with Crippen molar-refractivity contribution in [2.45, 2.75) is 39.2 Å². The maximum atomic E-state index is 11.0. The number of carbonyl (C=O) groups excluding carboxylic acids is 1. The number of aliphatic hydroxyl groups is 1. The molecule has 0 spiro atoms. The minimum Gasteiger partial charge on any atom is -0.383 e. The van der Waals surface area contributed by atoms with Gasteiger partial charge in [0.05, 0.1) is 6.21 Å². The maximum absolute atomic E-state index is 11.0. The van der Waals surface area contributed by atoms with Crippen LogP contribution in [-0.4, -0.2) is 23.3 Å². The Morgan fingerprint density at radius 1 is 1.33 bits per heavy atom. The summed E-state index contributed by atoms with van der Waals surface area (Å²) in [6.07, 6.45) is 0.498. The van der Waals surface area contributed by atoms with Crippen molar-refractivity contribution in [2.24, 2.45) is 5.10 Å². The lowest BCUT2D eigenvalue weighted by atomic mass is 9.87. The largest absolute Gasteiger partial charge is 0.383 e. The third kappa shape index (κ3) is 4.30. The Morgan fingerprint density at radius 3 is 2.33 bits per heavy atom. The van der Waals surface area contributed by atoms with Crippen molar-refractivity contribution in [2.75, 3.05) is 0 Å². The molecule has 0 fully saturated rings. The molecule has 0 aliphatic heterocycles. The number of nitrogens with one attached hydrogen (secondary N) is 1. The normalized spacial score (nSPS) is 13.6. The Balaban J connectivity index is 2.64. The fourth-order valence-corrected chi connectivity index (χ4v) is 1.33. The molecule has 0 bridgehead atoms. The zero-order valence-corrected chi connectivity index (χ0v) is 11.3. The van der Waals surface area contributed by atoms with Gasteiger partial charge < -0.3 is 5.11 Å².